The number of aliphatic imine (C=N–C) groups is 1. The van der Waals surface area contributed by atoms with Gasteiger partial charge in [-0.05, 0) is 40.2 Å². The highest BCUT2D eigenvalue weighted by Crippen LogP contribution is 2.23. The number of nitrogens with zero attached hydrogens (tertiary/aromatic N) is 2. The zero-order chi connectivity index (χ0) is 20.1. The van der Waals surface area contributed by atoms with Crippen LogP contribution in [0.4, 0.5) is 0 Å². The quantitative estimate of drug-likeness (QED) is 0.254. The van der Waals surface area contributed by atoms with Crippen LogP contribution in [0.5, 0.6) is 0 Å². The standard InChI is InChI=1S/C18H30N4O4S.HI/c1-5-19-17(22-10-12-27(24,25)18(3,4)13-22)21-9-6-8-20-16(23)15-14(2)7-11-26-15;/h7,11H,5-6,8-10,12-13H2,1-4H3,(H,19,21)(H,20,23);1H. The lowest BCUT2D eigenvalue weighted by Gasteiger charge is -2.39. The zero-order valence-corrected chi connectivity index (χ0v) is 20.1. The van der Waals surface area contributed by atoms with Crippen LogP contribution in [0.15, 0.2) is 21.7 Å². The summed E-state index contributed by atoms with van der Waals surface area (Å²) in [5, 5.41) is 6.05. The van der Waals surface area contributed by atoms with Crippen molar-refractivity contribution in [3.05, 3.63) is 23.7 Å². The van der Waals surface area contributed by atoms with Gasteiger partial charge in [0.05, 0.1) is 16.8 Å². The number of carbonyl (C=O) groups excluding carboxylic acids is 1. The Kier molecular flexibility index (Phi) is 9.25. The van der Waals surface area contributed by atoms with Crippen molar-refractivity contribution in [1.82, 2.24) is 15.5 Å². The third-order valence-electron chi connectivity index (χ3n) is 4.63. The minimum Gasteiger partial charge on any atom is -0.459 e. The summed E-state index contributed by atoms with van der Waals surface area (Å²) in [7, 11) is -3.09. The molecule has 1 aliphatic rings. The summed E-state index contributed by atoms with van der Waals surface area (Å²) in [6, 6.07) is 1.75. The highest BCUT2D eigenvalue weighted by Gasteiger charge is 2.40. The van der Waals surface area contributed by atoms with Crippen LogP contribution in [0.25, 0.3) is 0 Å². The van der Waals surface area contributed by atoms with E-state index in [0.29, 0.717) is 50.9 Å². The molecule has 10 heteroatoms. The van der Waals surface area contributed by atoms with E-state index in [9.17, 15) is 13.2 Å². The Bertz CT molecular complexity index is 789. The van der Waals surface area contributed by atoms with E-state index in [1.165, 1.54) is 6.26 Å². The first-order valence-corrected chi connectivity index (χ1v) is 10.9. The van der Waals surface area contributed by atoms with Gasteiger partial charge in [-0.3, -0.25) is 9.79 Å². The van der Waals surface area contributed by atoms with Crippen molar-refractivity contribution in [1.29, 1.82) is 0 Å². The van der Waals surface area contributed by atoms with Crippen molar-refractivity contribution in [3.63, 3.8) is 0 Å². The van der Waals surface area contributed by atoms with Crippen LogP contribution in [0.3, 0.4) is 0 Å². The molecule has 1 aliphatic heterocycles. The maximum absolute atomic E-state index is 12.2. The van der Waals surface area contributed by atoms with E-state index in [0.717, 1.165) is 5.56 Å². The average Bonchev–Trinajstić information content (AvgIpc) is 3.02. The second-order valence-corrected chi connectivity index (χ2v) is 10.0. The predicted octanol–water partition coefficient (Wildman–Crippen LogP) is 1.80. The number of halogens is 1. The molecular formula is C18H31IN4O4S. The van der Waals surface area contributed by atoms with Gasteiger partial charge in [-0.15, -0.1) is 24.0 Å². The number of carbonyl (C=O) groups is 1. The minimum atomic E-state index is -3.09. The minimum absolute atomic E-state index is 0. The summed E-state index contributed by atoms with van der Waals surface area (Å²) in [5.41, 5.74) is 0.808. The van der Waals surface area contributed by atoms with Gasteiger partial charge in [0, 0.05) is 38.3 Å². The summed E-state index contributed by atoms with van der Waals surface area (Å²) in [6.07, 6.45) is 2.17. The Morgan fingerprint density at radius 3 is 2.64 bits per heavy atom. The van der Waals surface area contributed by atoms with E-state index >= 15 is 0 Å². The highest BCUT2D eigenvalue weighted by molar-refractivity contribution is 14.0. The first kappa shape index (κ1) is 24.7. The van der Waals surface area contributed by atoms with Crippen LogP contribution in [-0.4, -0.2) is 68.4 Å². The number of nitrogens with one attached hydrogen (secondary N) is 2. The fourth-order valence-electron chi connectivity index (χ4n) is 2.90. The van der Waals surface area contributed by atoms with Gasteiger partial charge in [0.1, 0.15) is 0 Å². The number of amides is 1. The molecule has 0 spiro atoms. The normalized spacial score (nSPS) is 18.3. The fourth-order valence-corrected chi connectivity index (χ4v) is 4.27. The molecule has 1 aromatic rings. The summed E-state index contributed by atoms with van der Waals surface area (Å²) in [5.74, 6) is 0.955. The molecule has 1 fully saturated rings. The topological polar surface area (TPSA) is 104 Å². The Morgan fingerprint density at radius 1 is 1.36 bits per heavy atom. The van der Waals surface area contributed by atoms with Crippen LogP contribution >= 0.6 is 24.0 Å². The molecule has 8 nitrogen and oxygen atoms in total. The molecule has 1 aromatic heterocycles. The van der Waals surface area contributed by atoms with Crippen molar-refractivity contribution in [3.8, 4) is 0 Å². The lowest BCUT2D eigenvalue weighted by atomic mass is 10.2. The van der Waals surface area contributed by atoms with Crippen LogP contribution in [0, 0.1) is 6.92 Å². The number of guanidine groups is 1. The van der Waals surface area contributed by atoms with Crippen molar-refractivity contribution in [2.24, 2.45) is 4.99 Å². The molecule has 1 amide bonds. The average molecular weight is 526 g/mol. The Balaban J connectivity index is 0.00000392. The predicted molar refractivity (Wildman–Crippen MR) is 121 cm³/mol. The third kappa shape index (κ3) is 6.10. The summed E-state index contributed by atoms with van der Waals surface area (Å²) < 4.78 is 28.7. The fraction of sp³-hybridized carbons (Fsp3) is 0.667. The van der Waals surface area contributed by atoms with Crippen molar-refractivity contribution >= 4 is 45.7 Å². The molecule has 0 atom stereocenters. The third-order valence-corrected chi connectivity index (χ3v) is 7.16. The molecule has 2 N–H and O–H groups in total. The van der Waals surface area contributed by atoms with Gasteiger partial charge < -0.3 is 20.0 Å². The van der Waals surface area contributed by atoms with Crippen LogP contribution in [-0.2, 0) is 9.84 Å². The smallest absolute Gasteiger partial charge is 0.287 e. The van der Waals surface area contributed by atoms with E-state index in [1.807, 2.05) is 18.7 Å². The van der Waals surface area contributed by atoms with Crippen molar-refractivity contribution in [2.45, 2.75) is 38.9 Å². The van der Waals surface area contributed by atoms with Crippen molar-refractivity contribution < 1.29 is 17.6 Å². The lowest BCUT2D eigenvalue weighted by Crippen LogP contribution is -2.57. The van der Waals surface area contributed by atoms with Gasteiger partial charge in [0.25, 0.3) is 5.91 Å². The SMILES string of the molecule is CCNC(=NCCCNC(=O)c1occc1C)N1CCS(=O)(=O)C(C)(C)C1.I. The number of hydrogen-bond acceptors (Lipinski definition) is 5. The van der Waals surface area contributed by atoms with Crippen molar-refractivity contribution in [2.75, 3.05) is 38.5 Å². The molecule has 0 unspecified atom stereocenters. The first-order chi connectivity index (χ1) is 12.7. The second-order valence-electron chi connectivity index (χ2n) is 7.28. The molecule has 1 saturated heterocycles. The number of rotatable bonds is 6. The van der Waals surface area contributed by atoms with Gasteiger partial charge in [-0.2, -0.15) is 0 Å². The summed E-state index contributed by atoms with van der Waals surface area (Å²) in [4.78, 5) is 18.6. The van der Waals surface area contributed by atoms with Gasteiger partial charge in [0.2, 0.25) is 0 Å². The number of furan rings is 1. The number of hydrogen-bond donors (Lipinski definition) is 2. The summed E-state index contributed by atoms with van der Waals surface area (Å²) in [6.45, 7) is 9.89. The van der Waals surface area contributed by atoms with Crippen LogP contribution in [0.1, 0.15) is 43.3 Å². The summed E-state index contributed by atoms with van der Waals surface area (Å²) >= 11 is 0. The van der Waals surface area contributed by atoms with Gasteiger partial charge >= 0.3 is 0 Å². The van der Waals surface area contributed by atoms with Crippen LogP contribution < -0.4 is 10.6 Å². The molecule has 0 saturated carbocycles. The molecule has 160 valence electrons. The zero-order valence-electron chi connectivity index (χ0n) is 16.9. The van der Waals surface area contributed by atoms with E-state index in [4.69, 9.17) is 4.42 Å². The number of aryl methyl sites for hydroxylation is 1. The molecule has 0 bridgehead atoms. The Hall–Kier alpha value is -1.30. The highest BCUT2D eigenvalue weighted by atomic mass is 127. The van der Waals surface area contributed by atoms with E-state index in [2.05, 4.69) is 15.6 Å². The molecule has 0 aromatic carbocycles. The van der Waals surface area contributed by atoms with E-state index in [1.54, 1.807) is 19.9 Å². The molecule has 2 heterocycles. The van der Waals surface area contributed by atoms with Gasteiger partial charge in [-0.1, -0.05) is 0 Å². The maximum atomic E-state index is 12.2. The monoisotopic (exact) mass is 526 g/mol. The van der Waals surface area contributed by atoms with Gasteiger partial charge in [-0.25, -0.2) is 8.42 Å². The maximum Gasteiger partial charge on any atom is 0.287 e. The molecule has 28 heavy (non-hydrogen) atoms. The second kappa shape index (κ2) is 10.5. The number of sulfone groups is 1. The Labute approximate surface area is 184 Å². The molecule has 0 aliphatic carbocycles. The molecule has 0 radical (unpaired) electrons. The van der Waals surface area contributed by atoms with Gasteiger partial charge in [0.15, 0.2) is 21.6 Å². The largest absolute Gasteiger partial charge is 0.459 e. The lowest BCUT2D eigenvalue weighted by molar-refractivity contribution is 0.0925. The first-order valence-electron chi connectivity index (χ1n) is 9.26. The van der Waals surface area contributed by atoms with E-state index < -0.39 is 14.6 Å². The molecular weight excluding hydrogens is 495 g/mol. The van der Waals surface area contributed by atoms with E-state index in [-0.39, 0.29) is 35.6 Å². The van der Waals surface area contributed by atoms with Crippen LogP contribution in [0.2, 0.25) is 0 Å². The Morgan fingerprint density at radius 2 is 2.07 bits per heavy atom. The molecule has 2 rings (SSSR count).